The molecule has 0 aromatic rings. The van der Waals surface area contributed by atoms with Crippen molar-refractivity contribution in [3.05, 3.63) is 0 Å². The van der Waals surface area contributed by atoms with Crippen LogP contribution in [0.2, 0.25) is 0 Å². The first-order valence-corrected chi connectivity index (χ1v) is 7.24. The summed E-state index contributed by atoms with van der Waals surface area (Å²) in [5.74, 6) is 0.280. The van der Waals surface area contributed by atoms with Gasteiger partial charge in [0.15, 0.2) is 0 Å². The fourth-order valence-corrected chi connectivity index (χ4v) is 1.63. The Kier molecular flexibility index (Phi) is 11.7. The Balaban J connectivity index is 3.19. The predicted molar refractivity (Wildman–Crippen MR) is 74.3 cm³/mol. The van der Waals surface area contributed by atoms with E-state index in [4.69, 9.17) is 0 Å². The number of hydrogen-bond donors (Lipinski definition) is 2. The first kappa shape index (κ1) is 16.9. The number of hydrogen-bond acceptors (Lipinski definition) is 2. The highest BCUT2D eigenvalue weighted by atomic mass is 16.2. The van der Waals surface area contributed by atoms with Crippen LogP contribution in [0.5, 0.6) is 0 Å². The molecule has 106 valence electrons. The fraction of sp³-hybridized carbons (Fsp3) is 0.857. The number of carbonyl (C=O) groups is 2. The number of amides is 2. The Hall–Kier alpha value is -1.06. The summed E-state index contributed by atoms with van der Waals surface area (Å²) in [6.07, 6.45) is 7.49. The Morgan fingerprint density at radius 1 is 0.778 bits per heavy atom. The highest BCUT2D eigenvalue weighted by Gasteiger charge is 1.99. The van der Waals surface area contributed by atoms with Crippen molar-refractivity contribution in [2.24, 2.45) is 0 Å². The molecule has 4 nitrogen and oxygen atoms in total. The molecule has 0 bridgehead atoms. The first-order chi connectivity index (χ1) is 8.70. The molecule has 0 aliphatic rings. The molecule has 2 N–H and O–H groups in total. The zero-order valence-corrected chi connectivity index (χ0v) is 11.9. The van der Waals surface area contributed by atoms with Crippen molar-refractivity contribution in [3.8, 4) is 0 Å². The van der Waals surface area contributed by atoms with Crippen LogP contribution in [0.25, 0.3) is 0 Å². The summed E-state index contributed by atoms with van der Waals surface area (Å²) in [7, 11) is 0. The number of rotatable bonds is 11. The maximum absolute atomic E-state index is 11.4. The lowest BCUT2D eigenvalue weighted by atomic mass is 10.2. The summed E-state index contributed by atoms with van der Waals surface area (Å²) in [5.41, 5.74) is 0. The van der Waals surface area contributed by atoms with Gasteiger partial charge in [0.25, 0.3) is 0 Å². The molecular weight excluding hydrogens is 228 g/mol. The molecular formula is C14H28N2O2. The van der Waals surface area contributed by atoms with Crippen LogP contribution in [0.15, 0.2) is 0 Å². The van der Waals surface area contributed by atoms with Crippen LogP contribution >= 0.6 is 0 Å². The molecule has 0 aromatic carbocycles. The lowest BCUT2D eigenvalue weighted by molar-refractivity contribution is -0.121. The van der Waals surface area contributed by atoms with E-state index < -0.39 is 0 Å². The largest absolute Gasteiger partial charge is 0.356 e. The van der Waals surface area contributed by atoms with Gasteiger partial charge in [-0.1, -0.05) is 26.7 Å². The zero-order chi connectivity index (χ0) is 13.6. The third kappa shape index (κ3) is 11.4. The Morgan fingerprint density at radius 2 is 1.39 bits per heavy atom. The van der Waals surface area contributed by atoms with E-state index >= 15 is 0 Å². The molecule has 0 atom stereocenters. The summed E-state index contributed by atoms with van der Waals surface area (Å²) < 4.78 is 0. The van der Waals surface area contributed by atoms with E-state index in [-0.39, 0.29) is 11.8 Å². The van der Waals surface area contributed by atoms with E-state index in [1.165, 1.54) is 0 Å². The fourth-order valence-electron chi connectivity index (χ4n) is 1.63. The molecule has 0 saturated carbocycles. The standard InChI is InChI=1S/C14H28N2O2/c1-3-5-7-10-14(18)16-12-9-6-8-11-15-13(17)4-2/h3-12H2,1-2H3,(H,15,17)(H,16,18). The van der Waals surface area contributed by atoms with E-state index in [0.717, 1.165) is 51.6 Å². The maximum atomic E-state index is 11.4. The van der Waals surface area contributed by atoms with E-state index in [1.807, 2.05) is 6.92 Å². The van der Waals surface area contributed by atoms with Gasteiger partial charge in [-0.05, 0) is 25.7 Å². The minimum atomic E-state index is 0.110. The van der Waals surface area contributed by atoms with E-state index in [1.54, 1.807) is 0 Å². The van der Waals surface area contributed by atoms with Crippen LogP contribution in [-0.4, -0.2) is 24.9 Å². The molecule has 18 heavy (non-hydrogen) atoms. The SMILES string of the molecule is CCCCCC(=O)NCCCCCNC(=O)CC. The second kappa shape index (κ2) is 12.4. The van der Waals surface area contributed by atoms with Crippen molar-refractivity contribution in [1.82, 2.24) is 10.6 Å². The predicted octanol–water partition coefficient (Wildman–Crippen LogP) is 2.38. The van der Waals surface area contributed by atoms with Crippen LogP contribution in [0.4, 0.5) is 0 Å². The second-order valence-electron chi connectivity index (χ2n) is 4.57. The Morgan fingerprint density at radius 3 is 1.94 bits per heavy atom. The van der Waals surface area contributed by atoms with Crippen molar-refractivity contribution in [1.29, 1.82) is 0 Å². The molecule has 0 unspecified atom stereocenters. The van der Waals surface area contributed by atoms with Crippen molar-refractivity contribution in [2.75, 3.05) is 13.1 Å². The Labute approximate surface area is 111 Å². The summed E-state index contributed by atoms with van der Waals surface area (Å²) in [5, 5.41) is 5.77. The van der Waals surface area contributed by atoms with E-state index in [9.17, 15) is 9.59 Å². The van der Waals surface area contributed by atoms with Gasteiger partial charge in [-0.25, -0.2) is 0 Å². The highest BCUT2D eigenvalue weighted by Crippen LogP contribution is 1.99. The van der Waals surface area contributed by atoms with Crippen molar-refractivity contribution >= 4 is 11.8 Å². The minimum absolute atomic E-state index is 0.110. The van der Waals surface area contributed by atoms with Gasteiger partial charge < -0.3 is 10.6 Å². The molecule has 0 aliphatic heterocycles. The molecule has 0 fully saturated rings. The second-order valence-corrected chi connectivity index (χ2v) is 4.57. The van der Waals surface area contributed by atoms with Gasteiger partial charge in [0.05, 0.1) is 0 Å². The molecule has 0 radical (unpaired) electrons. The lowest BCUT2D eigenvalue weighted by Gasteiger charge is -2.05. The summed E-state index contributed by atoms with van der Waals surface area (Å²) >= 11 is 0. The normalized spacial score (nSPS) is 10.1. The molecule has 0 heterocycles. The molecule has 0 spiro atoms. The van der Waals surface area contributed by atoms with Gasteiger partial charge in [-0.15, -0.1) is 0 Å². The number of carbonyl (C=O) groups excluding carboxylic acids is 2. The van der Waals surface area contributed by atoms with Crippen LogP contribution in [-0.2, 0) is 9.59 Å². The van der Waals surface area contributed by atoms with Gasteiger partial charge in [0.1, 0.15) is 0 Å². The smallest absolute Gasteiger partial charge is 0.219 e. The summed E-state index contributed by atoms with van der Waals surface area (Å²) in [4.78, 5) is 22.3. The summed E-state index contributed by atoms with van der Waals surface area (Å²) in [6, 6.07) is 0. The molecule has 4 heteroatoms. The molecule has 0 saturated heterocycles. The molecule has 0 aliphatic carbocycles. The van der Waals surface area contributed by atoms with Crippen molar-refractivity contribution < 1.29 is 9.59 Å². The van der Waals surface area contributed by atoms with E-state index in [2.05, 4.69) is 17.6 Å². The maximum Gasteiger partial charge on any atom is 0.219 e. The Bertz CT molecular complexity index is 230. The third-order valence-electron chi connectivity index (χ3n) is 2.83. The van der Waals surface area contributed by atoms with Crippen LogP contribution in [0.1, 0.15) is 65.2 Å². The number of unbranched alkanes of at least 4 members (excludes halogenated alkanes) is 4. The molecule has 0 rings (SSSR count). The summed E-state index contributed by atoms with van der Waals surface area (Å²) in [6.45, 7) is 5.49. The zero-order valence-electron chi connectivity index (χ0n) is 11.9. The molecule has 2 amide bonds. The van der Waals surface area contributed by atoms with Crippen molar-refractivity contribution in [2.45, 2.75) is 65.2 Å². The van der Waals surface area contributed by atoms with Gasteiger partial charge in [0.2, 0.25) is 11.8 Å². The van der Waals surface area contributed by atoms with Crippen molar-refractivity contribution in [3.63, 3.8) is 0 Å². The quantitative estimate of drug-likeness (QED) is 0.558. The third-order valence-corrected chi connectivity index (χ3v) is 2.83. The number of nitrogens with one attached hydrogen (secondary N) is 2. The van der Waals surface area contributed by atoms with Gasteiger partial charge in [0, 0.05) is 25.9 Å². The lowest BCUT2D eigenvalue weighted by Crippen LogP contribution is -2.25. The average molecular weight is 256 g/mol. The van der Waals surface area contributed by atoms with E-state index in [0.29, 0.717) is 12.8 Å². The van der Waals surface area contributed by atoms with Crippen LogP contribution < -0.4 is 10.6 Å². The highest BCUT2D eigenvalue weighted by molar-refractivity contribution is 5.75. The van der Waals surface area contributed by atoms with Gasteiger partial charge in [-0.3, -0.25) is 9.59 Å². The molecule has 0 aromatic heterocycles. The topological polar surface area (TPSA) is 58.2 Å². The average Bonchev–Trinajstić information content (AvgIpc) is 2.37. The van der Waals surface area contributed by atoms with Gasteiger partial charge in [-0.2, -0.15) is 0 Å². The van der Waals surface area contributed by atoms with Crippen LogP contribution in [0, 0.1) is 0 Å². The van der Waals surface area contributed by atoms with Gasteiger partial charge >= 0.3 is 0 Å². The van der Waals surface area contributed by atoms with Crippen LogP contribution in [0.3, 0.4) is 0 Å². The minimum Gasteiger partial charge on any atom is -0.356 e. The first-order valence-electron chi connectivity index (χ1n) is 7.24. The monoisotopic (exact) mass is 256 g/mol.